The van der Waals surface area contributed by atoms with Crippen LogP contribution in [0.25, 0.3) is 10.8 Å². The van der Waals surface area contributed by atoms with Crippen molar-refractivity contribution in [2.75, 3.05) is 13.2 Å². The molecule has 0 unspecified atom stereocenters. The number of hydrogen-bond acceptors (Lipinski definition) is 3. The van der Waals surface area contributed by atoms with Gasteiger partial charge in [0.05, 0.1) is 18.8 Å². The van der Waals surface area contributed by atoms with E-state index < -0.39 is 64.1 Å². The first kappa shape index (κ1) is 29.3. The normalized spacial score (nSPS) is 17.8. The number of allylic oxidation sites excluding steroid dienone is 1. The molecular weight excluding hydrogens is 555 g/mol. The second-order valence-corrected chi connectivity index (χ2v) is 8.89. The van der Waals surface area contributed by atoms with Crippen LogP contribution in [0.1, 0.15) is 35.8 Å². The zero-order valence-electron chi connectivity index (χ0n) is 20.4. The Morgan fingerprint density at radius 1 is 0.925 bits per heavy atom. The summed E-state index contributed by atoms with van der Waals surface area (Å²) in [7, 11) is 0. The number of rotatable bonds is 7. The van der Waals surface area contributed by atoms with Gasteiger partial charge in [-0.3, -0.25) is 0 Å². The molecule has 40 heavy (non-hydrogen) atoms. The van der Waals surface area contributed by atoms with Gasteiger partial charge in [0.1, 0.15) is 34.6 Å². The van der Waals surface area contributed by atoms with E-state index >= 15 is 0 Å². The van der Waals surface area contributed by atoms with E-state index in [0.717, 1.165) is 30.5 Å². The molecule has 0 atom stereocenters. The third kappa shape index (κ3) is 6.54. The summed E-state index contributed by atoms with van der Waals surface area (Å²) < 4.78 is 141. The predicted octanol–water partition coefficient (Wildman–Crippen LogP) is 8.07. The van der Waals surface area contributed by atoms with Crippen LogP contribution in [0.3, 0.4) is 0 Å². The van der Waals surface area contributed by atoms with Gasteiger partial charge in [-0.2, -0.15) is 22.0 Å². The van der Waals surface area contributed by atoms with Crippen LogP contribution in [-0.2, 0) is 15.6 Å². The molecule has 0 radical (unpaired) electrons. The minimum atomic E-state index is -5.01. The van der Waals surface area contributed by atoms with Crippen molar-refractivity contribution < 1.29 is 53.7 Å². The largest absolute Gasteiger partial charge is 0.458 e. The van der Waals surface area contributed by atoms with E-state index in [2.05, 4.69) is 11.3 Å². The van der Waals surface area contributed by atoms with Crippen LogP contribution in [0.4, 0.5) is 39.5 Å². The van der Waals surface area contributed by atoms with Gasteiger partial charge in [0.15, 0.2) is 6.29 Å². The van der Waals surface area contributed by atoms with Crippen molar-refractivity contribution in [2.24, 2.45) is 5.92 Å². The lowest BCUT2D eigenvalue weighted by Crippen LogP contribution is -2.28. The Morgan fingerprint density at radius 2 is 1.57 bits per heavy atom. The summed E-state index contributed by atoms with van der Waals surface area (Å²) in [6.45, 7) is 4.06. The third-order valence-corrected chi connectivity index (χ3v) is 5.95. The maximum atomic E-state index is 14.9. The summed E-state index contributed by atoms with van der Waals surface area (Å²) in [4.78, 5) is 0. The van der Waals surface area contributed by atoms with E-state index in [9.17, 15) is 39.5 Å². The van der Waals surface area contributed by atoms with Crippen LogP contribution >= 0.6 is 0 Å². The van der Waals surface area contributed by atoms with Crippen LogP contribution in [0.15, 0.2) is 49.1 Å². The molecule has 1 heterocycles. The van der Waals surface area contributed by atoms with Gasteiger partial charge in [0.25, 0.3) is 0 Å². The van der Waals surface area contributed by atoms with Gasteiger partial charge in [-0.05, 0) is 54.6 Å². The topological polar surface area (TPSA) is 27.7 Å². The lowest BCUT2D eigenvalue weighted by molar-refractivity contribution is -0.206. The third-order valence-electron chi connectivity index (χ3n) is 5.95. The molecule has 0 amide bonds. The standard InChI is InChI=1S/C28H19F9O3/c1-2-3-4-15-13-38-26(39-14-15)17-11-22(30)24(23(31)12-17)28(36,37)40-18-5-6-19-16(9-18)10-21(29)20(25(19)32)7-8-27(33,34)35/h2,5-6,9-12,15,26H,1,3-4,13-14H2. The molecule has 0 saturated carbocycles. The highest BCUT2D eigenvalue weighted by Crippen LogP contribution is 2.38. The predicted molar refractivity (Wildman–Crippen MR) is 125 cm³/mol. The molecule has 3 aromatic rings. The minimum Gasteiger partial charge on any atom is -0.429 e. The summed E-state index contributed by atoms with van der Waals surface area (Å²) >= 11 is 0. The minimum absolute atomic E-state index is 0.0317. The fourth-order valence-electron chi connectivity index (χ4n) is 4.08. The van der Waals surface area contributed by atoms with Crippen molar-refractivity contribution in [3.05, 3.63) is 89.0 Å². The number of hydrogen-bond donors (Lipinski definition) is 0. The number of alkyl halides is 5. The summed E-state index contributed by atoms with van der Waals surface area (Å²) in [5.74, 6) is -4.87. The van der Waals surface area contributed by atoms with Gasteiger partial charge < -0.3 is 14.2 Å². The van der Waals surface area contributed by atoms with Gasteiger partial charge in [-0.15, -0.1) is 6.58 Å². The van der Waals surface area contributed by atoms with Crippen LogP contribution < -0.4 is 4.74 Å². The second kappa shape index (κ2) is 11.4. The van der Waals surface area contributed by atoms with E-state index in [1.54, 1.807) is 6.08 Å². The fourth-order valence-corrected chi connectivity index (χ4v) is 4.08. The second-order valence-electron chi connectivity index (χ2n) is 8.89. The Labute approximate surface area is 222 Å². The average Bonchev–Trinajstić information content (AvgIpc) is 2.86. The van der Waals surface area contributed by atoms with E-state index in [-0.39, 0.29) is 30.1 Å². The highest BCUT2D eigenvalue weighted by molar-refractivity contribution is 5.86. The van der Waals surface area contributed by atoms with Gasteiger partial charge in [0.2, 0.25) is 0 Å². The number of ether oxygens (including phenoxy) is 3. The van der Waals surface area contributed by atoms with E-state index in [1.807, 2.05) is 0 Å². The molecule has 1 saturated heterocycles. The van der Waals surface area contributed by atoms with Crippen molar-refractivity contribution in [3.63, 3.8) is 0 Å². The van der Waals surface area contributed by atoms with Crippen molar-refractivity contribution in [1.29, 1.82) is 0 Å². The van der Waals surface area contributed by atoms with Crippen LogP contribution in [0, 0.1) is 41.0 Å². The molecule has 12 heteroatoms. The Hall–Kier alpha value is -3.69. The molecule has 1 fully saturated rings. The Balaban J connectivity index is 1.56. The highest BCUT2D eigenvalue weighted by Gasteiger charge is 2.42. The smallest absolute Gasteiger partial charge is 0.429 e. The Morgan fingerprint density at radius 3 is 2.17 bits per heavy atom. The first-order valence-electron chi connectivity index (χ1n) is 11.7. The van der Waals surface area contributed by atoms with Crippen LogP contribution in [0.5, 0.6) is 5.75 Å². The molecule has 0 spiro atoms. The highest BCUT2D eigenvalue weighted by atomic mass is 19.4. The summed E-state index contributed by atoms with van der Waals surface area (Å²) in [5.41, 5.74) is -3.07. The monoisotopic (exact) mass is 574 g/mol. The molecule has 0 N–H and O–H groups in total. The first-order valence-corrected chi connectivity index (χ1v) is 11.7. The molecular formula is C28H19F9O3. The number of benzene rings is 3. The lowest BCUT2D eigenvalue weighted by Gasteiger charge is -2.30. The summed E-state index contributed by atoms with van der Waals surface area (Å²) in [6.07, 6.45) is -7.61. The molecule has 1 aliphatic heterocycles. The van der Waals surface area contributed by atoms with Gasteiger partial charge in [-0.25, -0.2) is 17.6 Å². The van der Waals surface area contributed by atoms with E-state index in [1.165, 1.54) is 5.92 Å². The van der Waals surface area contributed by atoms with Gasteiger partial charge in [-0.1, -0.05) is 12.0 Å². The maximum absolute atomic E-state index is 14.9. The summed E-state index contributed by atoms with van der Waals surface area (Å²) in [6, 6.07) is 4.14. The molecule has 0 aliphatic carbocycles. The van der Waals surface area contributed by atoms with Crippen molar-refractivity contribution in [1.82, 2.24) is 0 Å². The zero-order chi connectivity index (χ0) is 29.2. The van der Waals surface area contributed by atoms with Gasteiger partial charge in [0, 0.05) is 22.8 Å². The molecule has 4 rings (SSSR count). The quantitative estimate of drug-likeness (QED) is 0.162. The molecule has 0 bridgehead atoms. The van der Waals surface area contributed by atoms with Crippen molar-refractivity contribution in [2.45, 2.75) is 31.4 Å². The summed E-state index contributed by atoms with van der Waals surface area (Å²) in [5, 5.41) is -0.834. The zero-order valence-corrected chi connectivity index (χ0v) is 20.4. The first-order chi connectivity index (χ1) is 18.8. The van der Waals surface area contributed by atoms with E-state index in [0.29, 0.717) is 24.6 Å². The number of fused-ring (bicyclic) bond motifs is 1. The maximum Gasteiger partial charge on any atom is 0.458 e. The molecule has 3 aromatic carbocycles. The van der Waals surface area contributed by atoms with Crippen molar-refractivity contribution in [3.8, 4) is 17.6 Å². The fraction of sp³-hybridized carbons (Fsp3) is 0.286. The molecule has 1 aliphatic rings. The van der Waals surface area contributed by atoms with Gasteiger partial charge >= 0.3 is 12.3 Å². The SMILES string of the molecule is C=CCCC1COC(c2cc(F)c(C(F)(F)Oc3ccc4c(F)c(C#CC(F)(F)F)c(F)cc4c3)c(F)c2)OC1. The van der Waals surface area contributed by atoms with Crippen molar-refractivity contribution >= 4 is 10.8 Å². The Bertz CT molecular complexity index is 1460. The molecule has 3 nitrogen and oxygen atoms in total. The van der Waals surface area contributed by atoms with E-state index in [4.69, 9.17) is 9.47 Å². The molecule has 0 aromatic heterocycles. The molecule has 212 valence electrons. The lowest BCUT2D eigenvalue weighted by atomic mass is 10.0. The average molecular weight is 574 g/mol. The van der Waals surface area contributed by atoms with Crippen LogP contribution in [-0.4, -0.2) is 19.4 Å². The van der Waals surface area contributed by atoms with Crippen LogP contribution in [0.2, 0.25) is 0 Å². The number of halogens is 9. The Kier molecular flexibility index (Phi) is 8.37.